The largest absolute Gasteiger partial charge is 0.488 e. The van der Waals surface area contributed by atoms with Crippen molar-refractivity contribution in [3.8, 4) is 5.75 Å². The minimum Gasteiger partial charge on any atom is -0.488 e. The molecule has 0 N–H and O–H groups in total. The first-order valence-corrected chi connectivity index (χ1v) is 8.76. The van der Waals surface area contributed by atoms with Gasteiger partial charge in [0.1, 0.15) is 23.7 Å². The van der Waals surface area contributed by atoms with Crippen LogP contribution in [0.4, 0.5) is 0 Å². The van der Waals surface area contributed by atoms with E-state index in [1.807, 2.05) is 78.9 Å². The maximum atomic E-state index is 12.7. The zero-order valence-electron chi connectivity index (χ0n) is 14.7. The molecule has 0 saturated heterocycles. The molecule has 0 unspecified atom stereocenters. The van der Waals surface area contributed by atoms with Crippen LogP contribution < -0.4 is 4.74 Å². The fraction of sp³-hybridized carbons (Fsp3) is 0.0417. The second-order valence-electron chi connectivity index (χ2n) is 6.15. The molecule has 0 aliphatic heterocycles. The van der Waals surface area contributed by atoms with Crippen molar-refractivity contribution in [2.24, 2.45) is 0 Å². The molecule has 27 heavy (non-hydrogen) atoms. The molecule has 0 atom stereocenters. The highest BCUT2D eigenvalue weighted by molar-refractivity contribution is 6.08. The monoisotopic (exact) mass is 354 g/mol. The Balaban J connectivity index is 1.51. The molecule has 0 fully saturated rings. The van der Waals surface area contributed by atoms with E-state index in [0.717, 1.165) is 16.5 Å². The van der Waals surface area contributed by atoms with Crippen LogP contribution in [0.3, 0.4) is 0 Å². The van der Waals surface area contributed by atoms with E-state index < -0.39 is 0 Å². The molecule has 0 aliphatic rings. The molecule has 4 rings (SSSR count). The van der Waals surface area contributed by atoms with E-state index in [2.05, 4.69) is 0 Å². The van der Waals surface area contributed by atoms with Gasteiger partial charge in [-0.2, -0.15) is 0 Å². The van der Waals surface area contributed by atoms with Crippen LogP contribution in [0.1, 0.15) is 21.7 Å². The average molecular weight is 354 g/mol. The number of allylic oxidation sites excluding steroid dienone is 1. The normalized spacial score (nSPS) is 11.1. The van der Waals surface area contributed by atoms with Crippen LogP contribution in [-0.4, -0.2) is 5.78 Å². The Hall–Kier alpha value is -3.59. The SMILES string of the molecule is O=C(C=Cc1cc2ccccc2o1)c1ccccc1OCc1ccccc1. The van der Waals surface area contributed by atoms with E-state index in [4.69, 9.17) is 9.15 Å². The van der Waals surface area contributed by atoms with Crippen LogP contribution in [0.2, 0.25) is 0 Å². The maximum absolute atomic E-state index is 12.7. The Morgan fingerprint density at radius 3 is 2.48 bits per heavy atom. The van der Waals surface area contributed by atoms with Crippen LogP contribution in [0.25, 0.3) is 17.0 Å². The molecule has 1 aromatic heterocycles. The average Bonchev–Trinajstić information content (AvgIpc) is 3.14. The maximum Gasteiger partial charge on any atom is 0.189 e. The lowest BCUT2D eigenvalue weighted by Crippen LogP contribution is -2.02. The summed E-state index contributed by atoms with van der Waals surface area (Å²) >= 11 is 0. The number of ether oxygens (including phenoxy) is 1. The van der Waals surface area contributed by atoms with Gasteiger partial charge in [0.2, 0.25) is 0 Å². The molecule has 4 aromatic rings. The Morgan fingerprint density at radius 1 is 0.889 bits per heavy atom. The van der Waals surface area contributed by atoms with E-state index in [9.17, 15) is 4.79 Å². The van der Waals surface area contributed by atoms with E-state index in [1.165, 1.54) is 6.08 Å². The third-order valence-corrected chi connectivity index (χ3v) is 4.23. The fourth-order valence-electron chi connectivity index (χ4n) is 2.86. The predicted octanol–water partition coefficient (Wildman–Crippen LogP) is 5.91. The molecule has 3 aromatic carbocycles. The Morgan fingerprint density at radius 2 is 1.63 bits per heavy atom. The number of ketones is 1. The zero-order valence-corrected chi connectivity index (χ0v) is 14.7. The van der Waals surface area contributed by atoms with Crippen LogP contribution in [0.5, 0.6) is 5.75 Å². The van der Waals surface area contributed by atoms with E-state index >= 15 is 0 Å². The quantitative estimate of drug-likeness (QED) is 0.319. The van der Waals surface area contributed by atoms with Gasteiger partial charge in [-0.1, -0.05) is 60.7 Å². The van der Waals surface area contributed by atoms with Gasteiger partial charge in [-0.05, 0) is 42.0 Å². The molecular weight excluding hydrogens is 336 g/mol. The summed E-state index contributed by atoms with van der Waals surface area (Å²) in [5.41, 5.74) is 2.38. The van der Waals surface area contributed by atoms with Gasteiger partial charge in [-0.25, -0.2) is 0 Å². The second kappa shape index (κ2) is 7.75. The number of hydrogen-bond acceptors (Lipinski definition) is 3. The van der Waals surface area contributed by atoms with Crippen LogP contribution in [0.15, 0.2) is 95.4 Å². The third kappa shape index (κ3) is 3.98. The molecule has 1 heterocycles. The lowest BCUT2D eigenvalue weighted by molar-refractivity contribution is 0.104. The number of para-hydroxylation sites is 2. The molecule has 0 amide bonds. The van der Waals surface area contributed by atoms with Gasteiger partial charge >= 0.3 is 0 Å². The molecule has 132 valence electrons. The van der Waals surface area contributed by atoms with Crippen molar-refractivity contribution < 1.29 is 13.9 Å². The fourth-order valence-corrected chi connectivity index (χ4v) is 2.86. The highest BCUT2D eigenvalue weighted by Gasteiger charge is 2.10. The van der Waals surface area contributed by atoms with Crippen molar-refractivity contribution in [1.82, 2.24) is 0 Å². The van der Waals surface area contributed by atoms with Gasteiger partial charge in [0.25, 0.3) is 0 Å². The van der Waals surface area contributed by atoms with Gasteiger partial charge < -0.3 is 9.15 Å². The van der Waals surface area contributed by atoms with Crippen LogP contribution in [-0.2, 0) is 6.61 Å². The van der Waals surface area contributed by atoms with Crippen molar-refractivity contribution in [2.45, 2.75) is 6.61 Å². The summed E-state index contributed by atoms with van der Waals surface area (Å²) in [7, 11) is 0. The summed E-state index contributed by atoms with van der Waals surface area (Å²) in [6.45, 7) is 0.415. The first kappa shape index (κ1) is 16.9. The standard InChI is InChI=1S/C24H18O3/c25-22(15-14-20-16-19-10-4-6-12-23(19)27-20)21-11-5-7-13-24(21)26-17-18-8-2-1-3-9-18/h1-16H,17H2. The van der Waals surface area contributed by atoms with Gasteiger partial charge in [-0.3, -0.25) is 4.79 Å². The molecule has 0 saturated carbocycles. The number of carbonyl (C=O) groups excluding carboxylic acids is 1. The highest BCUT2D eigenvalue weighted by atomic mass is 16.5. The smallest absolute Gasteiger partial charge is 0.189 e. The molecule has 0 spiro atoms. The van der Waals surface area contributed by atoms with E-state index in [0.29, 0.717) is 23.7 Å². The zero-order chi connectivity index (χ0) is 18.5. The summed E-state index contributed by atoms with van der Waals surface area (Å²) in [5.74, 6) is 1.09. The Labute approximate surface area is 157 Å². The van der Waals surface area contributed by atoms with Crippen molar-refractivity contribution in [3.05, 3.63) is 108 Å². The molecule has 0 bridgehead atoms. The van der Waals surface area contributed by atoms with Gasteiger partial charge in [0.05, 0.1) is 5.56 Å². The number of fused-ring (bicyclic) bond motifs is 1. The summed E-state index contributed by atoms with van der Waals surface area (Å²) in [6.07, 6.45) is 3.21. The van der Waals surface area contributed by atoms with Crippen molar-refractivity contribution >= 4 is 22.8 Å². The molecule has 3 heteroatoms. The molecular formula is C24H18O3. The van der Waals surface area contributed by atoms with Crippen molar-refractivity contribution in [3.63, 3.8) is 0 Å². The van der Waals surface area contributed by atoms with Gasteiger partial charge in [0, 0.05) is 5.39 Å². The third-order valence-electron chi connectivity index (χ3n) is 4.23. The summed E-state index contributed by atoms with van der Waals surface area (Å²) in [6, 6.07) is 26.8. The first-order valence-electron chi connectivity index (χ1n) is 8.76. The van der Waals surface area contributed by atoms with Crippen LogP contribution >= 0.6 is 0 Å². The predicted molar refractivity (Wildman–Crippen MR) is 107 cm³/mol. The molecule has 0 radical (unpaired) electrons. The first-order chi connectivity index (χ1) is 13.3. The number of hydrogen-bond donors (Lipinski definition) is 0. The second-order valence-corrected chi connectivity index (χ2v) is 6.15. The Kier molecular flexibility index (Phi) is 4.84. The lowest BCUT2D eigenvalue weighted by atomic mass is 10.1. The van der Waals surface area contributed by atoms with E-state index in [-0.39, 0.29) is 5.78 Å². The minimum absolute atomic E-state index is 0.126. The number of furan rings is 1. The summed E-state index contributed by atoms with van der Waals surface area (Å²) in [4.78, 5) is 12.7. The van der Waals surface area contributed by atoms with Gasteiger partial charge in [0.15, 0.2) is 5.78 Å². The summed E-state index contributed by atoms with van der Waals surface area (Å²) in [5, 5.41) is 1.01. The van der Waals surface area contributed by atoms with Crippen molar-refractivity contribution in [1.29, 1.82) is 0 Å². The van der Waals surface area contributed by atoms with Crippen LogP contribution in [0, 0.1) is 0 Å². The number of carbonyl (C=O) groups is 1. The molecule has 0 aliphatic carbocycles. The number of rotatable bonds is 6. The Bertz CT molecular complexity index is 1060. The summed E-state index contributed by atoms with van der Waals surface area (Å²) < 4.78 is 11.6. The highest BCUT2D eigenvalue weighted by Crippen LogP contribution is 2.22. The minimum atomic E-state index is -0.126. The topological polar surface area (TPSA) is 39.4 Å². The number of benzene rings is 3. The molecule has 3 nitrogen and oxygen atoms in total. The van der Waals surface area contributed by atoms with E-state index in [1.54, 1.807) is 12.1 Å². The van der Waals surface area contributed by atoms with Gasteiger partial charge in [-0.15, -0.1) is 0 Å². The lowest BCUT2D eigenvalue weighted by Gasteiger charge is -2.09. The van der Waals surface area contributed by atoms with Crippen molar-refractivity contribution in [2.75, 3.05) is 0 Å².